The first kappa shape index (κ1) is 22.9. The molecule has 0 radical (unpaired) electrons. The maximum atomic E-state index is 10.8. The monoisotopic (exact) mass is 342 g/mol. The molecule has 0 rings (SSSR count). The molecule has 0 aromatic heterocycles. The van der Waals surface area contributed by atoms with Crippen molar-refractivity contribution in [2.75, 3.05) is 0 Å². The van der Waals surface area contributed by atoms with Crippen LogP contribution >= 0.6 is 0 Å². The quantitative estimate of drug-likeness (QED) is 0.389. The molecule has 0 atom stereocenters. The summed E-state index contributed by atoms with van der Waals surface area (Å²) in [5.74, 6) is -1.41. The SMILES string of the molecule is CCC(CC)(CCCC(=O)O)CCC(CC)(CC)CCCC(=O)O. The Morgan fingerprint density at radius 3 is 1.12 bits per heavy atom. The first-order chi connectivity index (χ1) is 11.3. The highest BCUT2D eigenvalue weighted by molar-refractivity contribution is 5.66. The van der Waals surface area contributed by atoms with Gasteiger partial charge in [-0.3, -0.25) is 9.59 Å². The van der Waals surface area contributed by atoms with E-state index in [9.17, 15) is 9.59 Å². The van der Waals surface area contributed by atoms with Gasteiger partial charge in [-0.15, -0.1) is 0 Å². The molecule has 0 aliphatic heterocycles. The van der Waals surface area contributed by atoms with Gasteiger partial charge in [0.1, 0.15) is 0 Å². The number of rotatable bonds is 15. The van der Waals surface area contributed by atoms with Gasteiger partial charge in [-0.1, -0.05) is 53.4 Å². The van der Waals surface area contributed by atoms with Crippen LogP contribution in [0.25, 0.3) is 0 Å². The van der Waals surface area contributed by atoms with Crippen molar-refractivity contribution in [1.82, 2.24) is 0 Å². The van der Waals surface area contributed by atoms with Gasteiger partial charge >= 0.3 is 11.9 Å². The Hall–Kier alpha value is -1.06. The summed E-state index contributed by atoms with van der Waals surface area (Å²) in [6, 6.07) is 0. The fourth-order valence-corrected chi connectivity index (χ4v) is 3.92. The molecule has 0 aliphatic carbocycles. The zero-order valence-electron chi connectivity index (χ0n) is 16.2. The van der Waals surface area contributed by atoms with Gasteiger partial charge in [0, 0.05) is 12.8 Å². The standard InChI is InChI=1S/C20H38O4/c1-5-19(6-2,13-9-11-17(21)22)15-16-20(7-3,8-4)14-10-12-18(23)24/h5-16H2,1-4H3,(H,21,22)(H,23,24). The second kappa shape index (κ2) is 11.5. The molecule has 0 fully saturated rings. The molecule has 0 aromatic carbocycles. The molecule has 0 aromatic rings. The second-order valence-electron chi connectivity index (χ2n) is 7.41. The lowest BCUT2D eigenvalue weighted by molar-refractivity contribution is -0.138. The summed E-state index contributed by atoms with van der Waals surface area (Å²) in [6.07, 6.45) is 10.5. The van der Waals surface area contributed by atoms with E-state index in [1.807, 2.05) is 0 Å². The lowest BCUT2D eigenvalue weighted by Crippen LogP contribution is -2.26. The maximum Gasteiger partial charge on any atom is 0.303 e. The molecule has 4 heteroatoms. The Balaban J connectivity index is 4.78. The smallest absolute Gasteiger partial charge is 0.303 e. The van der Waals surface area contributed by atoms with Crippen molar-refractivity contribution in [3.63, 3.8) is 0 Å². The third kappa shape index (κ3) is 8.16. The van der Waals surface area contributed by atoms with Crippen LogP contribution in [0.3, 0.4) is 0 Å². The minimum Gasteiger partial charge on any atom is -0.481 e. The number of carboxylic acid groups (broad SMARTS) is 2. The van der Waals surface area contributed by atoms with Crippen molar-refractivity contribution in [3.05, 3.63) is 0 Å². The lowest BCUT2D eigenvalue weighted by Gasteiger charge is -2.38. The topological polar surface area (TPSA) is 74.6 Å². The van der Waals surface area contributed by atoms with E-state index in [4.69, 9.17) is 10.2 Å². The van der Waals surface area contributed by atoms with Gasteiger partial charge in [-0.25, -0.2) is 0 Å². The summed E-state index contributed by atoms with van der Waals surface area (Å²) >= 11 is 0. The molecule has 0 saturated heterocycles. The summed E-state index contributed by atoms with van der Waals surface area (Å²) in [6.45, 7) is 8.87. The molecule has 0 saturated carbocycles. The van der Waals surface area contributed by atoms with Gasteiger partial charge in [-0.05, 0) is 49.4 Å². The van der Waals surface area contributed by atoms with Gasteiger partial charge in [0.05, 0.1) is 0 Å². The average molecular weight is 343 g/mol. The van der Waals surface area contributed by atoms with Gasteiger partial charge in [0.2, 0.25) is 0 Å². The summed E-state index contributed by atoms with van der Waals surface area (Å²) in [5, 5.41) is 17.8. The van der Waals surface area contributed by atoms with E-state index < -0.39 is 11.9 Å². The van der Waals surface area contributed by atoms with Crippen LogP contribution in [0.2, 0.25) is 0 Å². The van der Waals surface area contributed by atoms with Gasteiger partial charge < -0.3 is 10.2 Å². The summed E-state index contributed by atoms with van der Waals surface area (Å²) in [5.41, 5.74) is 0.468. The fraction of sp³-hybridized carbons (Fsp3) is 0.900. The second-order valence-corrected chi connectivity index (χ2v) is 7.41. The Labute approximate surface area is 148 Å². The largest absolute Gasteiger partial charge is 0.481 e. The average Bonchev–Trinajstić information content (AvgIpc) is 2.56. The molecule has 0 aliphatic rings. The minimum atomic E-state index is -0.707. The zero-order chi connectivity index (χ0) is 18.6. The van der Waals surface area contributed by atoms with E-state index in [2.05, 4.69) is 27.7 Å². The predicted octanol–water partition coefficient (Wildman–Crippen LogP) is 5.89. The highest BCUT2D eigenvalue weighted by Gasteiger charge is 2.32. The molecule has 142 valence electrons. The third-order valence-corrected chi connectivity index (χ3v) is 6.38. The minimum absolute atomic E-state index is 0.234. The van der Waals surface area contributed by atoms with Crippen molar-refractivity contribution in [3.8, 4) is 0 Å². The molecule has 0 unspecified atom stereocenters. The molecule has 2 N–H and O–H groups in total. The highest BCUT2D eigenvalue weighted by atomic mass is 16.4. The molecular formula is C20H38O4. The van der Waals surface area contributed by atoms with Crippen LogP contribution in [-0.4, -0.2) is 22.2 Å². The first-order valence-corrected chi connectivity index (χ1v) is 9.72. The predicted molar refractivity (Wildman–Crippen MR) is 98.2 cm³/mol. The normalized spacial score (nSPS) is 12.3. The van der Waals surface area contributed by atoms with Crippen LogP contribution in [0.5, 0.6) is 0 Å². The van der Waals surface area contributed by atoms with E-state index >= 15 is 0 Å². The van der Waals surface area contributed by atoms with Crippen LogP contribution < -0.4 is 0 Å². The Morgan fingerprint density at radius 2 is 0.917 bits per heavy atom. The summed E-state index contributed by atoms with van der Waals surface area (Å²) in [7, 11) is 0. The van der Waals surface area contributed by atoms with E-state index in [1.165, 1.54) is 0 Å². The van der Waals surface area contributed by atoms with Crippen molar-refractivity contribution < 1.29 is 19.8 Å². The van der Waals surface area contributed by atoms with Crippen LogP contribution in [0.15, 0.2) is 0 Å². The molecule has 0 bridgehead atoms. The molecule has 0 amide bonds. The zero-order valence-corrected chi connectivity index (χ0v) is 16.2. The Kier molecular flexibility index (Phi) is 11.0. The van der Waals surface area contributed by atoms with Crippen LogP contribution in [0.4, 0.5) is 0 Å². The van der Waals surface area contributed by atoms with E-state index in [0.29, 0.717) is 0 Å². The number of hydrogen-bond donors (Lipinski definition) is 2. The Bertz CT molecular complexity index is 332. The van der Waals surface area contributed by atoms with E-state index in [0.717, 1.165) is 64.2 Å². The van der Waals surface area contributed by atoms with Crippen molar-refractivity contribution in [2.45, 2.75) is 105 Å². The summed E-state index contributed by atoms with van der Waals surface area (Å²) < 4.78 is 0. The lowest BCUT2D eigenvalue weighted by atomic mass is 9.67. The maximum absolute atomic E-state index is 10.8. The van der Waals surface area contributed by atoms with Gasteiger partial charge in [0.25, 0.3) is 0 Å². The first-order valence-electron chi connectivity index (χ1n) is 9.72. The number of carbonyl (C=O) groups is 2. The number of carboxylic acids is 2. The fourth-order valence-electron chi connectivity index (χ4n) is 3.92. The van der Waals surface area contributed by atoms with Gasteiger partial charge in [-0.2, -0.15) is 0 Å². The van der Waals surface area contributed by atoms with Crippen LogP contribution in [0, 0.1) is 10.8 Å². The van der Waals surface area contributed by atoms with E-state index in [1.54, 1.807) is 0 Å². The summed E-state index contributed by atoms with van der Waals surface area (Å²) in [4.78, 5) is 21.6. The van der Waals surface area contributed by atoms with Crippen LogP contribution in [-0.2, 0) is 9.59 Å². The van der Waals surface area contributed by atoms with E-state index in [-0.39, 0.29) is 23.7 Å². The third-order valence-electron chi connectivity index (χ3n) is 6.38. The Morgan fingerprint density at radius 1 is 0.625 bits per heavy atom. The van der Waals surface area contributed by atoms with Crippen molar-refractivity contribution in [2.24, 2.45) is 10.8 Å². The van der Waals surface area contributed by atoms with Crippen LogP contribution in [0.1, 0.15) is 105 Å². The van der Waals surface area contributed by atoms with Crippen molar-refractivity contribution in [1.29, 1.82) is 0 Å². The number of aliphatic carboxylic acids is 2. The highest BCUT2D eigenvalue weighted by Crippen LogP contribution is 2.45. The molecular weight excluding hydrogens is 304 g/mol. The molecule has 4 nitrogen and oxygen atoms in total. The molecule has 24 heavy (non-hydrogen) atoms. The van der Waals surface area contributed by atoms with Crippen molar-refractivity contribution >= 4 is 11.9 Å². The molecule has 0 spiro atoms. The van der Waals surface area contributed by atoms with Gasteiger partial charge in [0.15, 0.2) is 0 Å². The number of hydrogen-bond acceptors (Lipinski definition) is 2. The molecule has 0 heterocycles.